The molecule has 1 amide bonds. The molecule has 0 aliphatic heterocycles. The number of benzene rings is 1. The number of hydrogen-bond donors (Lipinski definition) is 1. The monoisotopic (exact) mass is 388 g/mol. The van der Waals surface area contributed by atoms with Gasteiger partial charge in [-0.15, -0.1) is 0 Å². The highest BCUT2D eigenvalue weighted by molar-refractivity contribution is 5.75. The van der Waals surface area contributed by atoms with Gasteiger partial charge < -0.3 is 5.32 Å². The Morgan fingerprint density at radius 3 is 2.50 bits per heavy atom. The van der Waals surface area contributed by atoms with Crippen molar-refractivity contribution >= 4 is 5.91 Å². The van der Waals surface area contributed by atoms with Gasteiger partial charge >= 0.3 is 6.18 Å². The predicted octanol–water partition coefficient (Wildman–Crippen LogP) is 2.64. The van der Waals surface area contributed by atoms with Crippen LogP contribution >= 0.6 is 0 Å². The molecule has 0 spiro atoms. The number of pyridine rings is 1. The van der Waals surface area contributed by atoms with Crippen LogP contribution in [0.2, 0.25) is 0 Å². The molecule has 1 aromatic carbocycles. The van der Waals surface area contributed by atoms with E-state index >= 15 is 0 Å². The molecule has 144 valence electrons. The Labute approximate surface area is 157 Å². The topological polar surface area (TPSA) is 76.9 Å². The first-order valence-corrected chi connectivity index (χ1v) is 8.22. The summed E-state index contributed by atoms with van der Waals surface area (Å²) in [5, 5.41) is 2.67. The van der Waals surface area contributed by atoms with Crippen LogP contribution in [-0.2, 0) is 24.1 Å². The van der Waals surface area contributed by atoms with E-state index in [1.165, 1.54) is 24.5 Å². The third-order valence-corrected chi connectivity index (χ3v) is 3.91. The Morgan fingerprint density at radius 2 is 1.89 bits per heavy atom. The quantitative estimate of drug-likeness (QED) is 0.729. The lowest BCUT2D eigenvalue weighted by molar-refractivity contribution is -0.137. The van der Waals surface area contributed by atoms with E-state index in [1.54, 1.807) is 24.5 Å². The smallest absolute Gasteiger partial charge is 0.350 e. The number of halogens is 3. The summed E-state index contributed by atoms with van der Waals surface area (Å²) in [7, 11) is 0. The van der Waals surface area contributed by atoms with Crippen LogP contribution in [0.5, 0.6) is 0 Å². The lowest BCUT2D eigenvalue weighted by atomic mass is 10.1. The lowest BCUT2D eigenvalue weighted by Gasteiger charge is -2.09. The van der Waals surface area contributed by atoms with E-state index < -0.39 is 17.3 Å². The summed E-state index contributed by atoms with van der Waals surface area (Å²) in [4.78, 5) is 32.2. The Morgan fingerprint density at radius 1 is 1.14 bits per heavy atom. The second-order valence-electron chi connectivity index (χ2n) is 5.95. The van der Waals surface area contributed by atoms with Crippen LogP contribution in [0, 0.1) is 0 Å². The van der Waals surface area contributed by atoms with Crippen molar-refractivity contribution in [3.05, 3.63) is 82.7 Å². The highest BCUT2D eigenvalue weighted by atomic mass is 19.4. The number of amides is 1. The first kappa shape index (κ1) is 19.3. The second kappa shape index (κ2) is 8.03. The minimum absolute atomic E-state index is 0.223. The fourth-order valence-corrected chi connectivity index (χ4v) is 2.45. The maximum atomic E-state index is 12.6. The van der Waals surface area contributed by atoms with E-state index in [-0.39, 0.29) is 24.7 Å². The molecule has 2 aromatic heterocycles. The van der Waals surface area contributed by atoms with Crippen LogP contribution in [0.15, 0.2) is 66.0 Å². The number of nitrogens with one attached hydrogen (secondary N) is 1. The molecular weight excluding hydrogens is 373 g/mol. The molecule has 2 heterocycles. The molecule has 1 N–H and O–H groups in total. The van der Waals surface area contributed by atoms with Gasteiger partial charge in [-0.05, 0) is 23.8 Å². The Balaban J connectivity index is 1.67. The third-order valence-electron chi connectivity index (χ3n) is 3.91. The van der Waals surface area contributed by atoms with Gasteiger partial charge in [0.25, 0.3) is 5.56 Å². The fourth-order valence-electron chi connectivity index (χ4n) is 2.45. The van der Waals surface area contributed by atoms with Crippen LogP contribution in [0.4, 0.5) is 13.2 Å². The zero-order valence-corrected chi connectivity index (χ0v) is 14.5. The molecule has 0 aliphatic rings. The van der Waals surface area contributed by atoms with Gasteiger partial charge in [0, 0.05) is 30.6 Å². The average Bonchev–Trinajstić information content (AvgIpc) is 2.68. The third kappa shape index (κ3) is 4.81. The largest absolute Gasteiger partial charge is 0.416 e. The maximum Gasteiger partial charge on any atom is 0.416 e. The molecule has 0 saturated carbocycles. The Kier molecular flexibility index (Phi) is 5.53. The predicted molar refractivity (Wildman–Crippen MR) is 95.0 cm³/mol. The summed E-state index contributed by atoms with van der Waals surface area (Å²) in [5.74, 6) is -0.380. The van der Waals surface area contributed by atoms with E-state index in [0.717, 1.165) is 22.3 Å². The lowest BCUT2D eigenvalue weighted by Crippen LogP contribution is -2.32. The fraction of sp³-hybridized carbons (Fsp3) is 0.158. The number of carbonyl (C=O) groups is 1. The molecule has 0 radical (unpaired) electrons. The molecular formula is C19H15F3N4O2. The second-order valence-corrected chi connectivity index (χ2v) is 5.95. The van der Waals surface area contributed by atoms with Gasteiger partial charge in [-0.3, -0.25) is 19.1 Å². The van der Waals surface area contributed by atoms with Gasteiger partial charge in [0.1, 0.15) is 6.54 Å². The standard InChI is InChI=1S/C19H15F3N4O2/c20-19(21,22)15-5-3-14(4-6-15)16-8-18(28)26(12-25-16)11-17(27)24-10-13-2-1-7-23-9-13/h1-9,12H,10-11H2,(H,24,27). The van der Waals surface area contributed by atoms with Crippen LogP contribution in [-0.4, -0.2) is 20.4 Å². The molecule has 0 bridgehead atoms. The SMILES string of the molecule is O=C(Cn1cnc(-c2ccc(C(F)(F)F)cc2)cc1=O)NCc1cccnc1. The maximum absolute atomic E-state index is 12.6. The number of hydrogen-bond acceptors (Lipinski definition) is 4. The van der Waals surface area contributed by atoms with E-state index in [9.17, 15) is 22.8 Å². The average molecular weight is 388 g/mol. The van der Waals surface area contributed by atoms with Gasteiger partial charge in [-0.2, -0.15) is 13.2 Å². The van der Waals surface area contributed by atoms with E-state index in [1.807, 2.05) is 0 Å². The van der Waals surface area contributed by atoms with E-state index in [4.69, 9.17) is 0 Å². The van der Waals surface area contributed by atoms with E-state index in [2.05, 4.69) is 15.3 Å². The molecule has 0 aliphatic carbocycles. The molecule has 28 heavy (non-hydrogen) atoms. The van der Waals surface area contributed by atoms with E-state index in [0.29, 0.717) is 5.56 Å². The molecule has 3 aromatic rings. The van der Waals surface area contributed by atoms with Crippen molar-refractivity contribution in [3.8, 4) is 11.3 Å². The van der Waals surface area contributed by atoms with Gasteiger partial charge in [0.15, 0.2) is 0 Å². The highest BCUT2D eigenvalue weighted by Gasteiger charge is 2.30. The zero-order valence-electron chi connectivity index (χ0n) is 14.5. The first-order chi connectivity index (χ1) is 13.3. The van der Waals surface area contributed by atoms with Crippen molar-refractivity contribution in [2.45, 2.75) is 19.3 Å². The molecule has 9 heteroatoms. The number of nitrogens with zero attached hydrogens (tertiary/aromatic N) is 3. The van der Waals surface area contributed by atoms with Crippen molar-refractivity contribution in [2.24, 2.45) is 0 Å². The number of carbonyl (C=O) groups excluding carboxylic acids is 1. The van der Waals surface area contributed by atoms with Crippen molar-refractivity contribution in [3.63, 3.8) is 0 Å². The normalized spacial score (nSPS) is 11.2. The molecule has 0 atom stereocenters. The summed E-state index contributed by atoms with van der Waals surface area (Å²) >= 11 is 0. The summed E-state index contributed by atoms with van der Waals surface area (Å²) in [6, 6.07) is 9.07. The summed E-state index contributed by atoms with van der Waals surface area (Å²) in [5.41, 5.74) is 0.152. The van der Waals surface area contributed by atoms with Crippen LogP contribution in [0.1, 0.15) is 11.1 Å². The zero-order chi connectivity index (χ0) is 20.1. The van der Waals surface area contributed by atoms with Crippen LogP contribution < -0.4 is 10.9 Å². The summed E-state index contributed by atoms with van der Waals surface area (Å²) < 4.78 is 39.0. The molecule has 3 rings (SSSR count). The van der Waals surface area contributed by atoms with Crippen molar-refractivity contribution in [1.82, 2.24) is 19.9 Å². The summed E-state index contributed by atoms with van der Waals surface area (Å²) in [6.45, 7) is 0.0534. The first-order valence-electron chi connectivity index (χ1n) is 8.22. The number of alkyl halides is 3. The molecule has 0 saturated heterocycles. The molecule has 0 unspecified atom stereocenters. The van der Waals surface area contributed by atoms with Gasteiger partial charge in [0.2, 0.25) is 5.91 Å². The van der Waals surface area contributed by atoms with Crippen molar-refractivity contribution < 1.29 is 18.0 Å². The minimum Gasteiger partial charge on any atom is -0.350 e. The number of aromatic nitrogens is 3. The number of rotatable bonds is 5. The van der Waals surface area contributed by atoms with Crippen LogP contribution in [0.25, 0.3) is 11.3 Å². The van der Waals surface area contributed by atoms with Crippen molar-refractivity contribution in [2.75, 3.05) is 0 Å². The van der Waals surface area contributed by atoms with Crippen molar-refractivity contribution in [1.29, 1.82) is 0 Å². The van der Waals surface area contributed by atoms with Gasteiger partial charge in [-0.25, -0.2) is 4.98 Å². The Bertz CT molecular complexity index is 1020. The Hall–Kier alpha value is -3.49. The molecule has 0 fully saturated rings. The van der Waals surface area contributed by atoms with Gasteiger partial charge in [0.05, 0.1) is 17.6 Å². The highest BCUT2D eigenvalue weighted by Crippen LogP contribution is 2.30. The van der Waals surface area contributed by atoms with Crippen LogP contribution in [0.3, 0.4) is 0 Å². The minimum atomic E-state index is -4.43. The summed E-state index contributed by atoms with van der Waals surface area (Å²) in [6.07, 6.45) is -0.000840. The molecule has 6 nitrogen and oxygen atoms in total. The van der Waals surface area contributed by atoms with Gasteiger partial charge in [-0.1, -0.05) is 18.2 Å².